The first kappa shape index (κ1) is 10.4. The maximum absolute atomic E-state index is 10.7. The number of rotatable bonds is 3. The molecule has 0 aliphatic rings. The number of hydrogen-bond donors (Lipinski definition) is 3. The lowest BCUT2D eigenvalue weighted by molar-refractivity contribution is -0.159. The minimum atomic E-state index is -0.867. The van der Waals surface area contributed by atoms with E-state index in [2.05, 4.69) is 17.4 Å². The summed E-state index contributed by atoms with van der Waals surface area (Å²) in [5.41, 5.74) is 10.1. The molecule has 0 aromatic heterocycles. The van der Waals surface area contributed by atoms with Crippen LogP contribution >= 0.6 is 12.6 Å². The maximum atomic E-state index is 10.7. The third-order valence-electron chi connectivity index (χ3n) is 0.881. The molecule has 11 heavy (non-hydrogen) atoms. The number of thiol groups is 1. The number of hydrogen-bond acceptors (Lipinski definition) is 6. The third kappa shape index (κ3) is 3.97. The zero-order valence-electron chi connectivity index (χ0n) is 5.82. The topological polar surface area (TPSA) is 95.4 Å². The van der Waals surface area contributed by atoms with Crippen LogP contribution in [0.5, 0.6) is 0 Å². The Morgan fingerprint density at radius 2 is 2.09 bits per heavy atom. The maximum Gasteiger partial charge on any atom is 0.331 e. The predicted molar refractivity (Wildman–Crippen MR) is 42.0 cm³/mol. The Labute approximate surface area is 69.5 Å². The Bertz CT molecular complexity index is 162. The van der Waals surface area contributed by atoms with E-state index in [4.69, 9.17) is 11.5 Å². The number of ether oxygens (including phenoxy) is 1. The van der Waals surface area contributed by atoms with Crippen LogP contribution in [0.4, 0.5) is 0 Å². The lowest BCUT2D eigenvalue weighted by Crippen LogP contribution is -2.36. The predicted octanol–water partition coefficient (Wildman–Crippen LogP) is -1.73. The highest BCUT2D eigenvalue weighted by Crippen LogP contribution is 1.88. The van der Waals surface area contributed by atoms with Crippen molar-refractivity contribution in [1.82, 2.24) is 0 Å². The zero-order chi connectivity index (χ0) is 8.85. The molecule has 4 N–H and O–H groups in total. The van der Waals surface area contributed by atoms with Crippen LogP contribution < -0.4 is 11.5 Å². The van der Waals surface area contributed by atoms with Crippen LogP contribution in [-0.2, 0) is 14.3 Å². The SMILES string of the molecule is NCC(=O)OC(=O)C(N)CS. The molecule has 1 unspecified atom stereocenters. The van der Waals surface area contributed by atoms with Gasteiger partial charge in [-0.1, -0.05) is 0 Å². The molecule has 5 nitrogen and oxygen atoms in total. The molecular weight excluding hydrogens is 168 g/mol. The summed E-state index contributed by atoms with van der Waals surface area (Å²) < 4.78 is 4.18. The summed E-state index contributed by atoms with van der Waals surface area (Å²) in [4.78, 5) is 21.1. The van der Waals surface area contributed by atoms with Gasteiger partial charge in [0.05, 0.1) is 6.54 Å². The van der Waals surface area contributed by atoms with Gasteiger partial charge >= 0.3 is 11.9 Å². The van der Waals surface area contributed by atoms with E-state index in [1.54, 1.807) is 0 Å². The average Bonchev–Trinajstić information content (AvgIpc) is 2.02. The second-order valence-electron chi connectivity index (χ2n) is 1.79. The molecule has 0 radical (unpaired) electrons. The van der Waals surface area contributed by atoms with Crippen molar-refractivity contribution in [1.29, 1.82) is 0 Å². The normalized spacial score (nSPS) is 12.3. The highest BCUT2D eigenvalue weighted by molar-refractivity contribution is 7.80. The van der Waals surface area contributed by atoms with E-state index >= 15 is 0 Å². The monoisotopic (exact) mass is 178 g/mol. The molecule has 0 aromatic rings. The molecule has 0 bridgehead atoms. The van der Waals surface area contributed by atoms with Crippen molar-refractivity contribution in [2.24, 2.45) is 11.5 Å². The van der Waals surface area contributed by atoms with Gasteiger partial charge in [0.2, 0.25) is 0 Å². The van der Waals surface area contributed by atoms with E-state index in [0.29, 0.717) is 0 Å². The Balaban J connectivity index is 3.77. The van der Waals surface area contributed by atoms with Crippen LogP contribution in [0.2, 0.25) is 0 Å². The smallest absolute Gasteiger partial charge is 0.331 e. The minimum Gasteiger partial charge on any atom is -0.391 e. The molecule has 0 heterocycles. The van der Waals surface area contributed by atoms with Crippen molar-refractivity contribution < 1.29 is 14.3 Å². The van der Waals surface area contributed by atoms with Gasteiger partial charge in [0.25, 0.3) is 0 Å². The second kappa shape index (κ2) is 5.11. The number of esters is 2. The van der Waals surface area contributed by atoms with Crippen LogP contribution in [0.1, 0.15) is 0 Å². The molecule has 0 saturated carbocycles. The van der Waals surface area contributed by atoms with Gasteiger partial charge in [-0.25, -0.2) is 4.79 Å². The Morgan fingerprint density at radius 3 is 2.45 bits per heavy atom. The quantitative estimate of drug-likeness (QED) is 0.271. The van der Waals surface area contributed by atoms with Gasteiger partial charge in [-0.2, -0.15) is 12.6 Å². The van der Waals surface area contributed by atoms with Gasteiger partial charge in [0, 0.05) is 5.75 Å². The first-order valence-electron chi connectivity index (χ1n) is 2.92. The summed E-state index contributed by atoms with van der Waals surface area (Å²) in [6.45, 7) is -0.328. The summed E-state index contributed by atoms with van der Waals surface area (Å²) in [5.74, 6) is -1.45. The van der Waals surface area contributed by atoms with Crippen molar-refractivity contribution in [3.8, 4) is 0 Å². The largest absolute Gasteiger partial charge is 0.391 e. The first-order valence-corrected chi connectivity index (χ1v) is 3.56. The number of carbonyl (C=O) groups excluding carboxylic acids is 2. The summed E-state index contributed by atoms with van der Waals surface area (Å²) in [5, 5.41) is 0. The van der Waals surface area contributed by atoms with Gasteiger partial charge in [-0.15, -0.1) is 0 Å². The molecule has 0 aliphatic carbocycles. The van der Waals surface area contributed by atoms with Crippen LogP contribution in [0, 0.1) is 0 Å². The van der Waals surface area contributed by atoms with Gasteiger partial charge in [-0.05, 0) is 0 Å². The number of carbonyl (C=O) groups is 2. The Kier molecular flexibility index (Phi) is 4.84. The number of nitrogens with two attached hydrogens (primary N) is 2. The van der Waals surface area contributed by atoms with Crippen molar-refractivity contribution in [2.45, 2.75) is 6.04 Å². The van der Waals surface area contributed by atoms with Crippen molar-refractivity contribution >= 4 is 24.6 Å². The van der Waals surface area contributed by atoms with E-state index in [1.807, 2.05) is 0 Å². The van der Waals surface area contributed by atoms with Crippen LogP contribution in [0.25, 0.3) is 0 Å². The fourth-order valence-electron chi connectivity index (χ4n) is 0.304. The first-order chi connectivity index (χ1) is 5.11. The molecule has 0 aromatic carbocycles. The summed E-state index contributed by atoms with van der Waals surface area (Å²) in [6.07, 6.45) is 0. The van der Waals surface area contributed by atoms with Crippen LogP contribution in [0.3, 0.4) is 0 Å². The summed E-state index contributed by atoms with van der Waals surface area (Å²) in [6, 6.07) is -0.867. The fourth-order valence-corrected chi connectivity index (χ4v) is 0.453. The Hall–Kier alpha value is -0.590. The standard InChI is InChI=1S/C5H10N2O3S/c6-1-4(8)10-5(9)3(7)2-11/h3,11H,1-2,6-7H2. The van der Waals surface area contributed by atoms with Crippen LogP contribution in [0.15, 0.2) is 0 Å². The molecular formula is C5H10N2O3S. The van der Waals surface area contributed by atoms with Gasteiger partial charge in [0.15, 0.2) is 0 Å². The van der Waals surface area contributed by atoms with Gasteiger partial charge < -0.3 is 16.2 Å². The molecule has 6 heteroatoms. The van der Waals surface area contributed by atoms with Crippen molar-refractivity contribution in [3.63, 3.8) is 0 Å². The van der Waals surface area contributed by atoms with E-state index in [1.165, 1.54) is 0 Å². The van der Waals surface area contributed by atoms with Crippen LogP contribution in [-0.4, -0.2) is 30.3 Å². The Morgan fingerprint density at radius 1 is 1.55 bits per heavy atom. The van der Waals surface area contributed by atoms with Gasteiger partial charge in [0.1, 0.15) is 6.04 Å². The average molecular weight is 178 g/mol. The van der Waals surface area contributed by atoms with Crippen molar-refractivity contribution in [3.05, 3.63) is 0 Å². The molecule has 0 fully saturated rings. The minimum absolute atomic E-state index is 0.136. The highest BCUT2D eigenvalue weighted by Gasteiger charge is 2.15. The van der Waals surface area contributed by atoms with E-state index in [0.717, 1.165) is 0 Å². The molecule has 1 atom stereocenters. The van der Waals surface area contributed by atoms with E-state index in [9.17, 15) is 9.59 Å². The lowest BCUT2D eigenvalue weighted by Gasteiger charge is -2.05. The highest BCUT2D eigenvalue weighted by atomic mass is 32.1. The lowest BCUT2D eigenvalue weighted by atomic mass is 10.4. The van der Waals surface area contributed by atoms with E-state index in [-0.39, 0.29) is 12.3 Å². The zero-order valence-corrected chi connectivity index (χ0v) is 6.71. The van der Waals surface area contributed by atoms with Crippen molar-refractivity contribution in [2.75, 3.05) is 12.3 Å². The van der Waals surface area contributed by atoms with E-state index < -0.39 is 18.0 Å². The molecule has 0 rings (SSSR count). The molecule has 0 spiro atoms. The fraction of sp³-hybridized carbons (Fsp3) is 0.600. The molecule has 0 aliphatic heterocycles. The third-order valence-corrected chi connectivity index (χ3v) is 1.27. The molecule has 64 valence electrons. The molecule has 0 amide bonds. The molecule has 0 saturated heterocycles. The van der Waals surface area contributed by atoms with Gasteiger partial charge in [-0.3, -0.25) is 4.79 Å². The summed E-state index contributed by atoms with van der Waals surface area (Å²) >= 11 is 3.74. The second-order valence-corrected chi connectivity index (χ2v) is 2.15. The summed E-state index contributed by atoms with van der Waals surface area (Å²) in [7, 11) is 0.